The molecule has 0 saturated carbocycles. The summed E-state index contributed by atoms with van der Waals surface area (Å²) in [6.07, 6.45) is 0.329. The number of nitrogens with one attached hydrogen (secondary N) is 1. The predicted octanol–water partition coefficient (Wildman–Crippen LogP) is 3.68. The molecule has 6 heteroatoms. The van der Waals surface area contributed by atoms with Gasteiger partial charge in [-0.25, -0.2) is 0 Å². The molecule has 0 aromatic heterocycles. The van der Waals surface area contributed by atoms with E-state index in [2.05, 4.69) is 5.32 Å². The molecule has 1 fully saturated rings. The van der Waals surface area contributed by atoms with Crippen molar-refractivity contribution in [1.29, 1.82) is 0 Å². The minimum absolute atomic E-state index is 0. The summed E-state index contributed by atoms with van der Waals surface area (Å²) in [7, 11) is 0. The number of Topliss-reactive ketones (excluding diaryl/α,β-unsaturated/α-hetero) is 1. The summed E-state index contributed by atoms with van der Waals surface area (Å²) in [5.74, 6) is 0.114. The van der Waals surface area contributed by atoms with E-state index in [9.17, 15) is 9.59 Å². The second-order valence-electron chi connectivity index (χ2n) is 6.29. The Morgan fingerprint density at radius 3 is 2.58 bits per heavy atom. The van der Waals surface area contributed by atoms with Gasteiger partial charge in [-0.15, -0.1) is 12.4 Å². The molecule has 3 rings (SSSR count). The number of halogens is 2. The van der Waals surface area contributed by atoms with E-state index in [4.69, 9.17) is 11.6 Å². The highest BCUT2D eigenvalue weighted by molar-refractivity contribution is 6.30. The number of hydrogen-bond acceptors (Lipinski definition) is 3. The van der Waals surface area contributed by atoms with Gasteiger partial charge in [0.05, 0.1) is 12.5 Å². The van der Waals surface area contributed by atoms with E-state index >= 15 is 0 Å². The third-order valence-corrected chi connectivity index (χ3v) is 4.75. The van der Waals surface area contributed by atoms with Crippen molar-refractivity contribution in [2.75, 3.05) is 19.6 Å². The van der Waals surface area contributed by atoms with Crippen LogP contribution >= 0.6 is 24.0 Å². The van der Waals surface area contributed by atoms with E-state index in [1.165, 1.54) is 6.92 Å². The molecule has 1 saturated heterocycles. The van der Waals surface area contributed by atoms with Crippen LogP contribution in [0.2, 0.25) is 5.02 Å². The molecule has 1 unspecified atom stereocenters. The van der Waals surface area contributed by atoms with Crippen molar-refractivity contribution in [2.24, 2.45) is 0 Å². The van der Waals surface area contributed by atoms with Crippen molar-refractivity contribution in [3.63, 3.8) is 0 Å². The van der Waals surface area contributed by atoms with Crippen molar-refractivity contribution in [2.45, 2.75) is 19.4 Å². The van der Waals surface area contributed by atoms with Gasteiger partial charge in [0.25, 0.3) is 0 Å². The predicted molar refractivity (Wildman–Crippen MR) is 106 cm³/mol. The van der Waals surface area contributed by atoms with E-state index in [0.29, 0.717) is 23.6 Å². The highest BCUT2D eigenvalue weighted by Gasteiger charge is 2.27. The van der Waals surface area contributed by atoms with Crippen LogP contribution in [0, 0.1) is 0 Å². The zero-order valence-corrected chi connectivity index (χ0v) is 16.1. The van der Waals surface area contributed by atoms with Crippen LogP contribution in [0.3, 0.4) is 0 Å². The van der Waals surface area contributed by atoms with Gasteiger partial charge < -0.3 is 10.2 Å². The number of carbonyl (C=O) groups is 2. The molecule has 1 aliphatic rings. The first kappa shape index (κ1) is 20.4. The van der Waals surface area contributed by atoms with E-state index in [1.54, 1.807) is 12.1 Å². The summed E-state index contributed by atoms with van der Waals surface area (Å²) < 4.78 is 0. The van der Waals surface area contributed by atoms with E-state index < -0.39 is 0 Å². The van der Waals surface area contributed by atoms with Crippen molar-refractivity contribution >= 4 is 35.7 Å². The van der Waals surface area contributed by atoms with Crippen LogP contribution < -0.4 is 5.32 Å². The monoisotopic (exact) mass is 392 g/mol. The number of amides is 1. The average Bonchev–Trinajstić information content (AvgIpc) is 2.62. The van der Waals surface area contributed by atoms with E-state index in [1.807, 2.05) is 41.3 Å². The smallest absolute Gasteiger partial charge is 0.227 e. The summed E-state index contributed by atoms with van der Waals surface area (Å²) in [5.41, 5.74) is 2.62. The topological polar surface area (TPSA) is 49.4 Å². The molecule has 2 aromatic rings. The van der Waals surface area contributed by atoms with Crippen LogP contribution in [0.5, 0.6) is 0 Å². The number of piperazine rings is 1. The maximum Gasteiger partial charge on any atom is 0.227 e. The molecule has 1 aliphatic heterocycles. The van der Waals surface area contributed by atoms with Gasteiger partial charge in [-0.1, -0.05) is 48.0 Å². The Hall–Kier alpha value is -1.88. The van der Waals surface area contributed by atoms with Crippen LogP contribution in [-0.2, 0) is 11.2 Å². The maximum atomic E-state index is 12.9. The molecule has 138 valence electrons. The minimum Gasteiger partial charge on any atom is -0.333 e. The number of ketones is 1. The lowest BCUT2D eigenvalue weighted by Crippen LogP contribution is -2.49. The summed E-state index contributed by atoms with van der Waals surface area (Å²) in [4.78, 5) is 26.1. The minimum atomic E-state index is -0.0172. The van der Waals surface area contributed by atoms with Gasteiger partial charge in [-0.05, 0) is 30.2 Å². The Bertz CT molecular complexity index is 778. The summed E-state index contributed by atoms with van der Waals surface area (Å²) >= 11 is 6.11. The Morgan fingerprint density at radius 1 is 1.19 bits per heavy atom. The molecular formula is C20H22Cl2N2O2. The van der Waals surface area contributed by atoms with Crippen molar-refractivity contribution in [3.8, 4) is 0 Å². The van der Waals surface area contributed by atoms with Crippen LogP contribution in [-0.4, -0.2) is 36.2 Å². The summed E-state index contributed by atoms with van der Waals surface area (Å²) in [5, 5.41) is 4.02. The summed E-state index contributed by atoms with van der Waals surface area (Å²) in [6.45, 7) is 3.71. The first-order chi connectivity index (χ1) is 12.0. The highest BCUT2D eigenvalue weighted by atomic mass is 35.5. The third kappa shape index (κ3) is 4.85. The zero-order chi connectivity index (χ0) is 17.8. The number of benzene rings is 2. The lowest BCUT2D eigenvalue weighted by Gasteiger charge is -2.36. The molecule has 1 heterocycles. The van der Waals surface area contributed by atoms with Gasteiger partial charge in [0.15, 0.2) is 5.78 Å². The molecule has 26 heavy (non-hydrogen) atoms. The Balaban J connectivity index is 0.00000243. The summed E-state index contributed by atoms with van der Waals surface area (Å²) in [6, 6.07) is 14.9. The van der Waals surface area contributed by atoms with E-state index in [0.717, 1.165) is 24.2 Å². The lowest BCUT2D eigenvalue weighted by molar-refractivity contribution is -0.133. The quantitative estimate of drug-likeness (QED) is 0.807. The fourth-order valence-electron chi connectivity index (χ4n) is 3.15. The number of nitrogens with zero attached hydrogens (tertiary/aromatic N) is 1. The molecule has 0 aliphatic carbocycles. The molecule has 1 atom stereocenters. The van der Waals surface area contributed by atoms with Crippen LogP contribution in [0.25, 0.3) is 0 Å². The van der Waals surface area contributed by atoms with Crippen molar-refractivity contribution in [1.82, 2.24) is 10.2 Å². The first-order valence-corrected chi connectivity index (χ1v) is 8.78. The number of hydrogen-bond donors (Lipinski definition) is 1. The van der Waals surface area contributed by atoms with Gasteiger partial charge in [0, 0.05) is 30.2 Å². The maximum absolute atomic E-state index is 12.9. The molecule has 2 aromatic carbocycles. The van der Waals surface area contributed by atoms with Crippen LogP contribution in [0.15, 0.2) is 48.5 Å². The third-order valence-electron chi connectivity index (χ3n) is 4.51. The standard InChI is InChI=1S/C20H21ClN2O2.ClH/c1-14(24)16-7-5-15(6-8-16)11-20(25)23-10-9-22-13-19(23)17-3-2-4-18(21)12-17;/h2-8,12,19,22H,9-11,13H2,1H3;1H. The number of rotatable bonds is 4. The van der Waals surface area contributed by atoms with Gasteiger partial charge in [-0.2, -0.15) is 0 Å². The zero-order valence-electron chi connectivity index (χ0n) is 14.6. The van der Waals surface area contributed by atoms with Gasteiger partial charge in [0.2, 0.25) is 5.91 Å². The molecule has 0 radical (unpaired) electrons. The van der Waals surface area contributed by atoms with Gasteiger partial charge in [0.1, 0.15) is 0 Å². The Kier molecular flexibility index (Phi) is 7.21. The molecule has 4 nitrogen and oxygen atoms in total. The molecule has 1 N–H and O–H groups in total. The first-order valence-electron chi connectivity index (χ1n) is 8.40. The Labute approximate surface area is 164 Å². The van der Waals surface area contributed by atoms with Crippen LogP contribution in [0.1, 0.15) is 34.5 Å². The second kappa shape index (κ2) is 9.17. The average molecular weight is 393 g/mol. The molecule has 0 bridgehead atoms. The second-order valence-corrected chi connectivity index (χ2v) is 6.73. The molecule has 1 amide bonds. The van der Waals surface area contributed by atoms with Crippen molar-refractivity contribution in [3.05, 3.63) is 70.2 Å². The highest BCUT2D eigenvalue weighted by Crippen LogP contribution is 2.25. The SMILES string of the molecule is CC(=O)c1ccc(CC(=O)N2CCNCC2c2cccc(Cl)c2)cc1.Cl. The fraction of sp³-hybridized carbons (Fsp3) is 0.300. The van der Waals surface area contributed by atoms with E-state index in [-0.39, 0.29) is 30.1 Å². The van der Waals surface area contributed by atoms with Crippen LogP contribution in [0.4, 0.5) is 0 Å². The van der Waals surface area contributed by atoms with Gasteiger partial charge in [-0.3, -0.25) is 9.59 Å². The Morgan fingerprint density at radius 2 is 1.92 bits per heavy atom. The molecular weight excluding hydrogens is 371 g/mol. The normalized spacial score (nSPS) is 16.7. The fourth-order valence-corrected chi connectivity index (χ4v) is 3.35. The number of carbonyl (C=O) groups excluding carboxylic acids is 2. The van der Waals surface area contributed by atoms with Gasteiger partial charge >= 0.3 is 0 Å². The molecule has 0 spiro atoms. The van der Waals surface area contributed by atoms with Crippen molar-refractivity contribution < 1.29 is 9.59 Å². The lowest BCUT2D eigenvalue weighted by atomic mass is 10.0. The largest absolute Gasteiger partial charge is 0.333 e.